The van der Waals surface area contributed by atoms with Crippen LogP contribution in [0.4, 0.5) is 0 Å². The van der Waals surface area contributed by atoms with Crippen LogP contribution >= 0.6 is 15.9 Å². The maximum absolute atomic E-state index is 8.95. The van der Waals surface area contributed by atoms with Crippen LogP contribution in [0.2, 0.25) is 0 Å². The molecule has 1 unspecified atom stereocenters. The topological polar surface area (TPSA) is 32.3 Å². The van der Waals surface area contributed by atoms with Crippen LogP contribution in [0.5, 0.6) is 0 Å². The van der Waals surface area contributed by atoms with E-state index in [1.807, 2.05) is 0 Å². The first-order valence-corrected chi connectivity index (χ1v) is 8.41. The molecule has 1 aromatic carbocycles. The predicted molar refractivity (Wildman–Crippen MR) is 88.1 cm³/mol. The summed E-state index contributed by atoms with van der Waals surface area (Å²) in [6.45, 7) is 5.89. The zero-order valence-corrected chi connectivity index (χ0v) is 14.2. The molecule has 0 heterocycles. The molecular weight excluding hydrogens is 314 g/mol. The van der Waals surface area contributed by atoms with Crippen molar-refractivity contribution in [2.24, 2.45) is 5.41 Å². The Kier molecular flexibility index (Phi) is 5.65. The van der Waals surface area contributed by atoms with Gasteiger partial charge in [0.2, 0.25) is 0 Å². The van der Waals surface area contributed by atoms with Gasteiger partial charge in [0, 0.05) is 23.7 Å². The summed E-state index contributed by atoms with van der Waals surface area (Å²) in [5.74, 6) is 0. The van der Waals surface area contributed by atoms with E-state index in [-0.39, 0.29) is 5.41 Å². The van der Waals surface area contributed by atoms with Crippen LogP contribution in [-0.4, -0.2) is 24.3 Å². The zero-order valence-electron chi connectivity index (χ0n) is 12.6. The second kappa shape index (κ2) is 7.06. The summed E-state index contributed by atoms with van der Waals surface area (Å²) < 4.78 is 1.19. The van der Waals surface area contributed by atoms with E-state index in [0.717, 1.165) is 25.8 Å². The number of aliphatic hydroxyl groups excluding tert-OH is 1. The highest BCUT2D eigenvalue weighted by atomic mass is 79.9. The largest absolute Gasteiger partial charge is 0.396 e. The molecule has 0 spiro atoms. The Bertz CT molecular complexity index is 445. The standard InChI is InChI=1S/C17H26BrNO/c1-17(2,8-3-9-20)12-19-16-7-5-13-10-15(18)6-4-14(13)11-16/h4,6,10,16,19-20H,3,5,7-9,11-12H2,1-2H3. The lowest BCUT2D eigenvalue weighted by molar-refractivity contribution is 0.230. The van der Waals surface area contributed by atoms with Gasteiger partial charge < -0.3 is 10.4 Å². The van der Waals surface area contributed by atoms with Gasteiger partial charge in [0.1, 0.15) is 0 Å². The van der Waals surface area contributed by atoms with Crippen molar-refractivity contribution in [2.75, 3.05) is 13.2 Å². The van der Waals surface area contributed by atoms with Gasteiger partial charge in [0.15, 0.2) is 0 Å². The molecule has 20 heavy (non-hydrogen) atoms. The smallest absolute Gasteiger partial charge is 0.0431 e. The third kappa shape index (κ3) is 4.57. The summed E-state index contributed by atoms with van der Waals surface area (Å²) in [5, 5.41) is 12.7. The number of fused-ring (bicyclic) bond motifs is 1. The van der Waals surface area contributed by atoms with E-state index in [1.54, 1.807) is 0 Å². The molecule has 2 N–H and O–H groups in total. The van der Waals surface area contributed by atoms with Crippen molar-refractivity contribution >= 4 is 15.9 Å². The first kappa shape index (κ1) is 16.0. The van der Waals surface area contributed by atoms with Crippen molar-refractivity contribution < 1.29 is 5.11 Å². The molecule has 0 saturated carbocycles. The van der Waals surface area contributed by atoms with E-state index >= 15 is 0 Å². The van der Waals surface area contributed by atoms with Crippen molar-refractivity contribution in [3.05, 3.63) is 33.8 Å². The first-order chi connectivity index (χ1) is 9.50. The van der Waals surface area contributed by atoms with Gasteiger partial charge in [0.05, 0.1) is 0 Å². The molecular formula is C17H26BrNO. The number of rotatable bonds is 6. The maximum atomic E-state index is 8.95. The SMILES string of the molecule is CC(C)(CCCO)CNC1CCc2cc(Br)ccc2C1. The van der Waals surface area contributed by atoms with E-state index in [1.165, 1.54) is 28.4 Å². The minimum atomic E-state index is 0.267. The number of benzene rings is 1. The normalized spacial score (nSPS) is 18.9. The number of hydrogen-bond acceptors (Lipinski definition) is 2. The van der Waals surface area contributed by atoms with Gasteiger partial charge in [-0.2, -0.15) is 0 Å². The molecule has 2 rings (SSSR count). The molecule has 3 heteroatoms. The Morgan fingerprint density at radius 3 is 2.90 bits per heavy atom. The van der Waals surface area contributed by atoms with E-state index in [0.29, 0.717) is 12.6 Å². The highest BCUT2D eigenvalue weighted by Gasteiger charge is 2.22. The molecule has 1 atom stereocenters. The lowest BCUT2D eigenvalue weighted by Gasteiger charge is -2.31. The predicted octanol–water partition coefficient (Wildman–Crippen LogP) is 3.69. The molecule has 1 aliphatic rings. The van der Waals surface area contributed by atoms with Gasteiger partial charge in [-0.05, 0) is 60.8 Å². The van der Waals surface area contributed by atoms with Crippen molar-refractivity contribution in [3.8, 4) is 0 Å². The number of nitrogens with one attached hydrogen (secondary N) is 1. The first-order valence-electron chi connectivity index (χ1n) is 7.62. The zero-order chi connectivity index (χ0) is 14.6. The Morgan fingerprint density at radius 1 is 1.35 bits per heavy atom. The van der Waals surface area contributed by atoms with Crippen molar-refractivity contribution in [3.63, 3.8) is 0 Å². The van der Waals surface area contributed by atoms with Gasteiger partial charge in [-0.15, -0.1) is 0 Å². The molecule has 0 amide bonds. The van der Waals surface area contributed by atoms with Crippen molar-refractivity contribution in [2.45, 2.75) is 52.0 Å². The third-order valence-corrected chi connectivity index (χ3v) is 4.77. The summed E-state index contributed by atoms with van der Waals surface area (Å²) in [5.41, 5.74) is 3.25. The van der Waals surface area contributed by atoms with Gasteiger partial charge in [-0.25, -0.2) is 0 Å². The Balaban J connectivity index is 1.86. The number of halogens is 1. The van der Waals surface area contributed by atoms with Crippen LogP contribution < -0.4 is 5.32 Å². The lowest BCUT2D eigenvalue weighted by Crippen LogP contribution is -2.40. The average Bonchev–Trinajstić information content (AvgIpc) is 2.43. The van der Waals surface area contributed by atoms with Crippen molar-refractivity contribution in [1.29, 1.82) is 0 Å². The second-order valence-corrected chi connectivity index (χ2v) is 7.64. The molecule has 0 saturated heterocycles. The summed E-state index contributed by atoms with van der Waals surface area (Å²) >= 11 is 3.55. The number of hydrogen-bond donors (Lipinski definition) is 2. The molecule has 0 radical (unpaired) electrons. The van der Waals surface area contributed by atoms with Crippen LogP contribution in [0.15, 0.2) is 22.7 Å². The lowest BCUT2D eigenvalue weighted by atomic mass is 9.85. The van der Waals surface area contributed by atoms with Crippen LogP contribution in [0, 0.1) is 5.41 Å². The van der Waals surface area contributed by atoms with Crippen molar-refractivity contribution in [1.82, 2.24) is 5.32 Å². The monoisotopic (exact) mass is 339 g/mol. The highest BCUT2D eigenvalue weighted by molar-refractivity contribution is 9.10. The number of aliphatic hydroxyl groups is 1. The minimum absolute atomic E-state index is 0.267. The third-order valence-electron chi connectivity index (χ3n) is 4.28. The molecule has 1 aromatic rings. The molecule has 112 valence electrons. The number of aryl methyl sites for hydroxylation is 1. The van der Waals surface area contributed by atoms with E-state index in [9.17, 15) is 0 Å². The summed E-state index contributed by atoms with van der Waals surface area (Å²) in [6.07, 6.45) is 5.50. The fourth-order valence-electron chi connectivity index (χ4n) is 2.96. The molecule has 0 aliphatic heterocycles. The van der Waals surface area contributed by atoms with Gasteiger partial charge >= 0.3 is 0 Å². The van der Waals surface area contributed by atoms with Crippen LogP contribution in [0.1, 0.15) is 44.2 Å². The second-order valence-electron chi connectivity index (χ2n) is 6.73. The Hall–Kier alpha value is -0.380. The fourth-order valence-corrected chi connectivity index (χ4v) is 3.37. The van der Waals surface area contributed by atoms with E-state index < -0.39 is 0 Å². The van der Waals surface area contributed by atoms with E-state index in [2.05, 4.69) is 53.3 Å². The van der Waals surface area contributed by atoms with Gasteiger partial charge in [0.25, 0.3) is 0 Å². The highest BCUT2D eigenvalue weighted by Crippen LogP contribution is 2.26. The van der Waals surface area contributed by atoms with Crippen LogP contribution in [0.3, 0.4) is 0 Å². The Morgan fingerprint density at radius 2 is 2.15 bits per heavy atom. The summed E-state index contributed by atoms with van der Waals surface area (Å²) in [4.78, 5) is 0. The fraction of sp³-hybridized carbons (Fsp3) is 0.647. The van der Waals surface area contributed by atoms with Crippen LogP contribution in [-0.2, 0) is 12.8 Å². The quantitative estimate of drug-likeness (QED) is 0.828. The molecule has 1 aliphatic carbocycles. The van der Waals surface area contributed by atoms with E-state index in [4.69, 9.17) is 5.11 Å². The molecule has 2 nitrogen and oxygen atoms in total. The molecule has 0 bridgehead atoms. The minimum Gasteiger partial charge on any atom is -0.396 e. The molecule has 0 aromatic heterocycles. The average molecular weight is 340 g/mol. The summed E-state index contributed by atoms with van der Waals surface area (Å²) in [6, 6.07) is 7.25. The van der Waals surface area contributed by atoms with Gasteiger partial charge in [-0.1, -0.05) is 35.8 Å². The van der Waals surface area contributed by atoms with Crippen LogP contribution in [0.25, 0.3) is 0 Å². The summed E-state index contributed by atoms with van der Waals surface area (Å²) in [7, 11) is 0. The van der Waals surface area contributed by atoms with Gasteiger partial charge in [-0.3, -0.25) is 0 Å². The Labute approximate surface area is 131 Å². The molecule has 0 fully saturated rings. The maximum Gasteiger partial charge on any atom is 0.0431 e.